The minimum absolute atomic E-state index is 0.678. The van der Waals surface area contributed by atoms with E-state index >= 15 is 0 Å². The molecule has 1 aromatic carbocycles. The van der Waals surface area contributed by atoms with Crippen molar-refractivity contribution in [3.05, 3.63) is 50.5 Å². The minimum atomic E-state index is 0.678. The number of pyridine rings is 1. The Kier molecular flexibility index (Phi) is 3.84. The van der Waals surface area contributed by atoms with E-state index in [0.29, 0.717) is 5.02 Å². The lowest BCUT2D eigenvalue weighted by Gasteiger charge is -2.09. The second-order valence-corrected chi connectivity index (χ2v) is 5.23. The number of hydrogen-bond acceptors (Lipinski definition) is 2. The van der Waals surface area contributed by atoms with Crippen LogP contribution in [0.1, 0.15) is 0 Å². The van der Waals surface area contributed by atoms with Crippen LogP contribution in [-0.2, 0) is 0 Å². The van der Waals surface area contributed by atoms with Crippen LogP contribution in [0.15, 0.2) is 45.5 Å². The Labute approximate surface area is 115 Å². The molecule has 0 atom stereocenters. The summed E-state index contributed by atoms with van der Waals surface area (Å²) in [6.07, 6.45) is 1.73. The zero-order valence-corrected chi connectivity index (χ0v) is 12.0. The second-order valence-electron chi connectivity index (χ2n) is 3.08. The lowest BCUT2D eigenvalue weighted by Crippen LogP contribution is -1.94. The Morgan fingerprint density at radius 3 is 2.69 bits per heavy atom. The number of nitrogens with one attached hydrogen (secondary N) is 1. The topological polar surface area (TPSA) is 24.9 Å². The van der Waals surface area contributed by atoms with Gasteiger partial charge in [0.05, 0.1) is 10.2 Å². The van der Waals surface area contributed by atoms with Gasteiger partial charge in [-0.15, -0.1) is 0 Å². The molecule has 0 aliphatic rings. The summed E-state index contributed by atoms with van der Waals surface area (Å²) in [5, 5.41) is 3.87. The van der Waals surface area contributed by atoms with Gasteiger partial charge >= 0.3 is 0 Å². The first-order valence-corrected chi connectivity index (χ1v) is 6.46. The van der Waals surface area contributed by atoms with Crippen LogP contribution in [0.3, 0.4) is 0 Å². The highest BCUT2D eigenvalue weighted by Gasteiger charge is 2.04. The van der Waals surface area contributed by atoms with Gasteiger partial charge in [-0.1, -0.05) is 11.6 Å². The zero-order valence-electron chi connectivity index (χ0n) is 8.05. The molecule has 0 saturated heterocycles. The van der Waals surface area contributed by atoms with E-state index in [2.05, 4.69) is 42.2 Å². The normalized spacial score (nSPS) is 10.2. The summed E-state index contributed by atoms with van der Waals surface area (Å²) in [7, 11) is 0. The molecule has 82 valence electrons. The Bertz CT molecular complexity index is 517. The number of nitrogens with zero attached hydrogens (tertiary/aromatic N) is 1. The maximum absolute atomic E-state index is 5.93. The van der Waals surface area contributed by atoms with Crippen LogP contribution in [0, 0.1) is 0 Å². The number of anilines is 2. The molecule has 0 unspecified atom stereocenters. The molecule has 0 amide bonds. The number of benzene rings is 1. The van der Waals surface area contributed by atoms with Gasteiger partial charge in [0.1, 0.15) is 5.82 Å². The number of aromatic nitrogens is 1. The maximum atomic E-state index is 5.93. The molecule has 0 radical (unpaired) electrons. The summed E-state index contributed by atoms with van der Waals surface area (Å²) in [6.45, 7) is 0. The standard InChI is InChI=1S/C11H7Br2ClN2/c12-8-4-3-7(14)6-10(8)16-11-9(13)2-1-5-15-11/h1-6H,(H,15,16). The summed E-state index contributed by atoms with van der Waals surface area (Å²) in [6, 6.07) is 9.34. The van der Waals surface area contributed by atoms with E-state index in [1.165, 1.54) is 0 Å². The third-order valence-corrected chi connectivity index (χ3v) is 3.51. The number of rotatable bonds is 2. The van der Waals surface area contributed by atoms with Gasteiger partial charge in [-0.25, -0.2) is 4.98 Å². The minimum Gasteiger partial charge on any atom is -0.338 e. The van der Waals surface area contributed by atoms with Gasteiger partial charge in [-0.3, -0.25) is 0 Å². The molecule has 1 aromatic heterocycles. The van der Waals surface area contributed by atoms with Gasteiger partial charge in [0, 0.05) is 15.7 Å². The Morgan fingerprint density at radius 2 is 1.94 bits per heavy atom. The van der Waals surface area contributed by atoms with Crippen LogP contribution in [0.2, 0.25) is 5.02 Å². The van der Waals surface area contributed by atoms with E-state index in [0.717, 1.165) is 20.5 Å². The summed E-state index contributed by atoms with van der Waals surface area (Å²) in [4.78, 5) is 4.22. The van der Waals surface area contributed by atoms with Gasteiger partial charge in [0.25, 0.3) is 0 Å². The van der Waals surface area contributed by atoms with Crippen LogP contribution >= 0.6 is 43.5 Å². The van der Waals surface area contributed by atoms with E-state index in [9.17, 15) is 0 Å². The van der Waals surface area contributed by atoms with Gasteiger partial charge in [-0.05, 0) is 62.2 Å². The second kappa shape index (κ2) is 5.17. The van der Waals surface area contributed by atoms with Gasteiger partial charge in [0.15, 0.2) is 0 Å². The average molecular weight is 362 g/mol. The first-order valence-electron chi connectivity index (χ1n) is 4.49. The van der Waals surface area contributed by atoms with Crippen LogP contribution in [0.5, 0.6) is 0 Å². The molecule has 1 heterocycles. The number of halogens is 3. The Balaban J connectivity index is 2.34. The fraction of sp³-hybridized carbons (Fsp3) is 0. The third kappa shape index (κ3) is 2.75. The van der Waals surface area contributed by atoms with Gasteiger partial charge in [-0.2, -0.15) is 0 Å². The van der Waals surface area contributed by atoms with Crippen LogP contribution in [0.25, 0.3) is 0 Å². The molecule has 0 aliphatic carbocycles. The molecular formula is C11H7Br2ClN2. The van der Waals surface area contributed by atoms with Crippen molar-refractivity contribution in [3.8, 4) is 0 Å². The Hall–Kier alpha value is -0.580. The van der Waals surface area contributed by atoms with E-state index in [1.807, 2.05) is 30.3 Å². The molecule has 0 bridgehead atoms. The highest BCUT2D eigenvalue weighted by atomic mass is 79.9. The van der Waals surface area contributed by atoms with Gasteiger partial charge in [0.2, 0.25) is 0 Å². The van der Waals surface area contributed by atoms with Crippen LogP contribution in [0.4, 0.5) is 11.5 Å². The fourth-order valence-electron chi connectivity index (χ4n) is 1.20. The first kappa shape index (κ1) is 11.9. The predicted molar refractivity (Wildman–Crippen MR) is 74.4 cm³/mol. The van der Waals surface area contributed by atoms with Crippen LogP contribution in [-0.4, -0.2) is 4.98 Å². The smallest absolute Gasteiger partial charge is 0.144 e. The molecule has 2 aromatic rings. The predicted octanol–water partition coefficient (Wildman–Crippen LogP) is 5.00. The molecule has 1 N–H and O–H groups in total. The molecule has 0 spiro atoms. The third-order valence-electron chi connectivity index (χ3n) is 1.94. The van der Waals surface area contributed by atoms with Crippen molar-refractivity contribution in [2.24, 2.45) is 0 Å². The molecule has 2 rings (SSSR count). The summed E-state index contributed by atoms with van der Waals surface area (Å²) in [5.74, 6) is 0.755. The largest absolute Gasteiger partial charge is 0.338 e. The van der Waals surface area contributed by atoms with Crippen LogP contribution < -0.4 is 5.32 Å². The monoisotopic (exact) mass is 360 g/mol. The molecule has 0 fully saturated rings. The van der Waals surface area contributed by atoms with Crippen molar-refractivity contribution in [2.75, 3.05) is 5.32 Å². The maximum Gasteiger partial charge on any atom is 0.144 e. The van der Waals surface area contributed by atoms with Crippen molar-refractivity contribution in [3.63, 3.8) is 0 Å². The lowest BCUT2D eigenvalue weighted by molar-refractivity contribution is 1.29. The van der Waals surface area contributed by atoms with Crippen molar-refractivity contribution >= 4 is 55.0 Å². The molecular weight excluding hydrogens is 355 g/mol. The molecule has 5 heteroatoms. The van der Waals surface area contributed by atoms with Crippen molar-refractivity contribution in [1.82, 2.24) is 4.98 Å². The summed E-state index contributed by atoms with van der Waals surface area (Å²) in [5.41, 5.74) is 0.881. The van der Waals surface area contributed by atoms with Crippen molar-refractivity contribution in [1.29, 1.82) is 0 Å². The Morgan fingerprint density at radius 1 is 1.12 bits per heavy atom. The van der Waals surface area contributed by atoms with E-state index in [-0.39, 0.29) is 0 Å². The SMILES string of the molecule is Clc1ccc(Br)c(Nc2ncccc2Br)c1. The fourth-order valence-corrected chi connectivity index (χ4v) is 2.07. The molecule has 0 aliphatic heterocycles. The van der Waals surface area contributed by atoms with E-state index < -0.39 is 0 Å². The first-order chi connectivity index (χ1) is 7.66. The molecule has 2 nitrogen and oxygen atoms in total. The number of hydrogen-bond donors (Lipinski definition) is 1. The molecule has 16 heavy (non-hydrogen) atoms. The summed E-state index contributed by atoms with van der Waals surface area (Å²) >= 11 is 12.8. The lowest BCUT2D eigenvalue weighted by atomic mass is 10.3. The van der Waals surface area contributed by atoms with Crippen molar-refractivity contribution < 1.29 is 0 Å². The quantitative estimate of drug-likeness (QED) is 0.813. The summed E-state index contributed by atoms with van der Waals surface area (Å²) < 4.78 is 1.84. The molecule has 0 saturated carbocycles. The highest BCUT2D eigenvalue weighted by Crippen LogP contribution is 2.30. The average Bonchev–Trinajstić information content (AvgIpc) is 2.27. The van der Waals surface area contributed by atoms with Gasteiger partial charge < -0.3 is 5.32 Å². The highest BCUT2D eigenvalue weighted by molar-refractivity contribution is 9.11. The van der Waals surface area contributed by atoms with E-state index in [1.54, 1.807) is 6.20 Å². The van der Waals surface area contributed by atoms with E-state index in [4.69, 9.17) is 11.6 Å². The zero-order chi connectivity index (χ0) is 11.5. The van der Waals surface area contributed by atoms with Crippen molar-refractivity contribution in [2.45, 2.75) is 0 Å².